The van der Waals surface area contributed by atoms with Gasteiger partial charge in [0.1, 0.15) is 13.2 Å². The van der Waals surface area contributed by atoms with E-state index in [0.29, 0.717) is 19.3 Å². The lowest BCUT2D eigenvalue weighted by molar-refractivity contribution is 0.171. The molecule has 1 fully saturated rings. The molecule has 0 radical (unpaired) electrons. The van der Waals surface area contributed by atoms with Crippen LogP contribution in [0, 0.1) is 0 Å². The number of fused-ring (bicyclic) bond motifs is 1. The van der Waals surface area contributed by atoms with Gasteiger partial charge in [-0.2, -0.15) is 0 Å². The Kier molecular flexibility index (Phi) is 3.89. The van der Waals surface area contributed by atoms with E-state index in [-0.39, 0.29) is 0 Å². The largest absolute Gasteiger partial charge is 0.486 e. The van der Waals surface area contributed by atoms with Crippen molar-refractivity contribution in [3.05, 3.63) is 23.8 Å². The molecule has 1 saturated heterocycles. The Morgan fingerprint density at radius 3 is 2.95 bits per heavy atom. The number of rotatable bonds is 4. The van der Waals surface area contributed by atoms with E-state index in [9.17, 15) is 0 Å². The zero-order chi connectivity index (χ0) is 13.1. The normalized spacial score (nSPS) is 22.7. The van der Waals surface area contributed by atoms with Crippen molar-refractivity contribution in [1.29, 1.82) is 0 Å². The average Bonchev–Trinajstić information content (AvgIpc) is 2.86. The van der Waals surface area contributed by atoms with Crippen LogP contribution in [0.4, 0.5) is 0 Å². The Labute approximate surface area is 114 Å². The zero-order valence-corrected chi connectivity index (χ0v) is 11.5. The molecule has 3 rings (SSSR count). The summed E-state index contributed by atoms with van der Waals surface area (Å²) in [5.41, 5.74) is 1.31. The summed E-state index contributed by atoms with van der Waals surface area (Å²) in [6, 6.07) is 6.98. The lowest BCUT2D eigenvalue weighted by atomic mass is 10.1. The van der Waals surface area contributed by atoms with Gasteiger partial charge >= 0.3 is 0 Å². The minimum atomic E-state index is 0.655. The van der Waals surface area contributed by atoms with Crippen LogP contribution in [-0.2, 0) is 6.54 Å². The van der Waals surface area contributed by atoms with Gasteiger partial charge in [0, 0.05) is 19.1 Å². The molecule has 1 aromatic rings. The predicted octanol–water partition coefficient (Wildman–Crippen LogP) is 1.64. The summed E-state index contributed by atoms with van der Waals surface area (Å²) in [6.45, 7) is 4.58. The molecule has 104 valence electrons. The molecule has 1 atom stereocenters. The number of ether oxygens (including phenoxy) is 2. The van der Waals surface area contributed by atoms with Crippen LogP contribution in [0.1, 0.15) is 18.4 Å². The van der Waals surface area contributed by atoms with Crippen LogP contribution in [-0.4, -0.2) is 44.3 Å². The third-order valence-electron chi connectivity index (χ3n) is 3.93. The second kappa shape index (κ2) is 5.80. The summed E-state index contributed by atoms with van der Waals surface area (Å²) in [5, 5.41) is 3.29. The molecule has 0 aliphatic carbocycles. The molecule has 1 aromatic carbocycles. The molecule has 0 aromatic heterocycles. The Bertz CT molecular complexity index is 436. The smallest absolute Gasteiger partial charge is 0.161 e. The molecule has 0 spiro atoms. The van der Waals surface area contributed by atoms with Crippen LogP contribution in [0.15, 0.2) is 18.2 Å². The van der Waals surface area contributed by atoms with Crippen LogP contribution in [0.5, 0.6) is 11.5 Å². The first-order chi connectivity index (χ1) is 9.36. The first-order valence-electron chi connectivity index (χ1n) is 7.14. The van der Waals surface area contributed by atoms with Crippen molar-refractivity contribution in [2.45, 2.75) is 25.4 Å². The van der Waals surface area contributed by atoms with Crippen molar-refractivity contribution in [3.8, 4) is 11.5 Å². The van der Waals surface area contributed by atoms with E-state index < -0.39 is 0 Å². The highest BCUT2D eigenvalue weighted by atomic mass is 16.6. The Morgan fingerprint density at radius 2 is 2.11 bits per heavy atom. The van der Waals surface area contributed by atoms with Crippen LogP contribution in [0.25, 0.3) is 0 Å². The summed E-state index contributed by atoms with van der Waals surface area (Å²) in [4.78, 5) is 2.56. The van der Waals surface area contributed by atoms with Gasteiger partial charge in [0.05, 0.1) is 0 Å². The van der Waals surface area contributed by atoms with Crippen molar-refractivity contribution in [2.75, 3.05) is 33.4 Å². The number of likely N-dealkylation sites (N-methyl/N-ethyl adjacent to an activating group) is 1. The first-order valence-corrected chi connectivity index (χ1v) is 7.14. The minimum Gasteiger partial charge on any atom is -0.486 e. The van der Waals surface area contributed by atoms with Gasteiger partial charge in [-0.15, -0.1) is 0 Å². The van der Waals surface area contributed by atoms with Gasteiger partial charge in [-0.3, -0.25) is 4.90 Å². The second-order valence-corrected chi connectivity index (χ2v) is 5.30. The lowest BCUT2D eigenvalue weighted by Crippen LogP contribution is -2.36. The standard InChI is InChI=1S/C15H22N2O2/c1-16-10-13-3-2-6-17(13)11-12-4-5-14-15(9-12)19-8-7-18-14/h4-5,9,13,16H,2-3,6-8,10-11H2,1H3. The molecule has 1 unspecified atom stereocenters. The summed E-state index contributed by atoms with van der Waals surface area (Å²) < 4.78 is 11.2. The fraction of sp³-hybridized carbons (Fsp3) is 0.600. The summed E-state index contributed by atoms with van der Waals surface area (Å²) in [7, 11) is 2.03. The monoisotopic (exact) mass is 262 g/mol. The Hall–Kier alpha value is -1.26. The molecule has 0 bridgehead atoms. The van der Waals surface area contributed by atoms with Crippen LogP contribution in [0.2, 0.25) is 0 Å². The molecule has 19 heavy (non-hydrogen) atoms. The maximum absolute atomic E-state index is 5.65. The minimum absolute atomic E-state index is 0.655. The lowest BCUT2D eigenvalue weighted by Gasteiger charge is -2.25. The van der Waals surface area contributed by atoms with E-state index in [1.54, 1.807) is 0 Å². The van der Waals surface area contributed by atoms with Crippen molar-refractivity contribution in [2.24, 2.45) is 0 Å². The van der Waals surface area contributed by atoms with Gasteiger partial charge in [0.15, 0.2) is 11.5 Å². The molecule has 0 saturated carbocycles. The zero-order valence-electron chi connectivity index (χ0n) is 11.5. The third-order valence-corrected chi connectivity index (χ3v) is 3.93. The number of hydrogen-bond acceptors (Lipinski definition) is 4. The van der Waals surface area contributed by atoms with Crippen LogP contribution < -0.4 is 14.8 Å². The molecule has 2 heterocycles. The highest BCUT2D eigenvalue weighted by Gasteiger charge is 2.24. The van der Waals surface area contributed by atoms with E-state index in [2.05, 4.69) is 22.3 Å². The molecule has 4 heteroatoms. The van der Waals surface area contributed by atoms with Crippen LogP contribution in [0.3, 0.4) is 0 Å². The maximum Gasteiger partial charge on any atom is 0.161 e. The van der Waals surface area contributed by atoms with E-state index in [1.807, 2.05) is 13.1 Å². The quantitative estimate of drug-likeness (QED) is 0.894. The van der Waals surface area contributed by atoms with Gasteiger partial charge in [0.2, 0.25) is 0 Å². The van der Waals surface area contributed by atoms with Gasteiger partial charge in [0.25, 0.3) is 0 Å². The number of hydrogen-bond donors (Lipinski definition) is 1. The molecular formula is C15H22N2O2. The van der Waals surface area contributed by atoms with E-state index in [0.717, 1.165) is 24.6 Å². The number of nitrogens with one attached hydrogen (secondary N) is 1. The van der Waals surface area contributed by atoms with E-state index in [1.165, 1.54) is 24.9 Å². The second-order valence-electron chi connectivity index (χ2n) is 5.30. The molecule has 2 aliphatic rings. The van der Waals surface area contributed by atoms with Crippen LogP contribution >= 0.6 is 0 Å². The fourth-order valence-corrected chi connectivity index (χ4v) is 2.99. The van der Waals surface area contributed by atoms with Gasteiger partial charge < -0.3 is 14.8 Å². The molecule has 4 nitrogen and oxygen atoms in total. The highest BCUT2D eigenvalue weighted by Crippen LogP contribution is 2.31. The predicted molar refractivity (Wildman–Crippen MR) is 74.8 cm³/mol. The van der Waals surface area contributed by atoms with E-state index >= 15 is 0 Å². The molecule has 0 amide bonds. The van der Waals surface area contributed by atoms with Crippen molar-refractivity contribution >= 4 is 0 Å². The number of nitrogens with zero attached hydrogens (tertiary/aromatic N) is 1. The van der Waals surface area contributed by atoms with E-state index in [4.69, 9.17) is 9.47 Å². The topological polar surface area (TPSA) is 33.7 Å². The van der Waals surface area contributed by atoms with Crippen molar-refractivity contribution in [3.63, 3.8) is 0 Å². The first kappa shape index (κ1) is 12.8. The van der Waals surface area contributed by atoms with Gasteiger partial charge in [-0.25, -0.2) is 0 Å². The van der Waals surface area contributed by atoms with Crippen molar-refractivity contribution < 1.29 is 9.47 Å². The number of likely N-dealkylation sites (tertiary alicyclic amines) is 1. The highest BCUT2D eigenvalue weighted by molar-refractivity contribution is 5.43. The molecular weight excluding hydrogens is 240 g/mol. The Morgan fingerprint density at radius 1 is 1.26 bits per heavy atom. The Balaban J connectivity index is 1.69. The third kappa shape index (κ3) is 2.85. The SMILES string of the molecule is CNCC1CCCN1Cc1ccc2c(c1)OCCO2. The van der Waals surface area contributed by atoms with Crippen molar-refractivity contribution in [1.82, 2.24) is 10.2 Å². The number of benzene rings is 1. The molecule has 1 N–H and O–H groups in total. The van der Waals surface area contributed by atoms with Gasteiger partial charge in [-0.1, -0.05) is 6.07 Å². The maximum atomic E-state index is 5.65. The summed E-state index contributed by atoms with van der Waals surface area (Å²) in [5.74, 6) is 1.77. The summed E-state index contributed by atoms with van der Waals surface area (Å²) in [6.07, 6.45) is 2.60. The average molecular weight is 262 g/mol. The summed E-state index contributed by atoms with van der Waals surface area (Å²) >= 11 is 0. The molecule has 2 aliphatic heterocycles. The van der Waals surface area contributed by atoms with Gasteiger partial charge in [-0.05, 0) is 44.1 Å². The fourth-order valence-electron chi connectivity index (χ4n) is 2.99.